The number of hydrogen-bond donors (Lipinski definition) is 1. The quantitative estimate of drug-likeness (QED) is 0.746. The van der Waals surface area contributed by atoms with Crippen molar-refractivity contribution in [1.29, 1.82) is 0 Å². The van der Waals surface area contributed by atoms with Gasteiger partial charge in [-0.05, 0) is 17.9 Å². The van der Waals surface area contributed by atoms with Crippen molar-refractivity contribution in [1.82, 2.24) is 14.8 Å². The maximum absolute atomic E-state index is 6.09. The molecule has 0 spiro atoms. The summed E-state index contributed by atoms with van der Waals surface area (Å²) in [4.78, 5) is 5.56. The molecule has 92 valence electrons. The number of fused-ring (bicyclic) bond motifs is 1. The number of anilines is 1. The van der Waals surface area contributed by atoms with Gasteiger partial charge in [0, 0.05) is 0 Å². The summed E-state index contributed by atoms with van der Waals surface area (Å²) in [5.41, 5.74) is 7.07. The normalized spacial score (nSPS) is 11.2. The van der Waals surface area contributed by atoms with Gasteiger partial charge in [-0.15, -0.1) is 11.8 Å². The molecule has 4 nitrogen and oxygen atoms in total. The zero-order valence-corrected chi connectivity index (χ0v) is 11.5. The van der Waals surface area contributed by atoms with Crippen molar-refractivity contribution in [2.45, 2.75) is 11.8 Å². The number of thiazole rings is 1. The summed E-state index contributed by atoms with van der Waals surface area (Å²) in [7, 11) is 0. The second-order valence-corrected chi connectivity index (χ2v) is 6.02. The van der Waals surface area contributed by atoms with Crippen LogP contribution in [0.25, 0.3) is 15.3 Å². The molecule has 2 N–H and O–H groups in total. The molecule has 0 atom stereocenters. The number of nitrogen functional groups attached to an aromatic ring is 1. The molecule has 6 heteroatoms. The fourth-order valence-electron chi connectivity index (χ4n) is 1.71. The minimum absolute atomic E-state index is 0.668. The van der Waals surface area contributed by atoms with Gasteiger partial charge in [0.25, 0.3) is 0 Å². The summed E-state index contributed by atoms with van der Waals surface area (Å²) in [5.74, 6) is 1.65. The monoisotopic (exact) mass is 276 g/mol. The van der Waals surface area contributed by atoms with Crippen molar-refractivity contribution >= 4 is 39.1 Å². The van der Waals surface area contributed by atoms with Crippen LogP contribution in [-0.2, 0) is 0 Å². The number of hydrogen-bond acceptors (Lipinski definition) is 5. The van der Waals surface area contributed by atoms with E-state index in [4.69, 9.17) is 5.73 Å². The smallest absolute Gasteiger partial charge is 0.213 e. The van der Waals surface area contributed by atoms with Gasteiger partial charge in [-0.3, -0.25) is 0 Å². The van der Waals surface area contributed by atoms with Crippen molar-refractivity contribution in [2.75, 3.05) is 11.5 Å². The Hall–Kier alpha value is -1.53. The van der Waals surface area contributed by atoms with E-state index in [1.165, 1.54) is 0 Å². The third-order valence-corrected chi connectivity index (χ3v) is 4.46. The Balaban J connectivity index is 2.08. The molecule has 3 aromatic rings. The van der Waals surface area contributed by atoms with Gasteiger partial charge >= 0.3 is 0 Å². The number of nitrogens with zero attached hydrogens (tertiary/aromatic N) is 3. The van der Waals surface area contributed by atoms with Crippen LogP contribution in [0.15, 0.2) is 35.4 Å². The van der Waals surface area contributed by atoms with Gasteiger partial charge < -0.3 is 5.73 Å². The fourth-order valence-corrected chi connectivity index (χ4v) is 3.32. The van der Waals surface area contributed by atoms with Crippen LogP contribution in [0.3, 0.4) is 0 Å². The number of aromatic nitrogens is 3. The van der Waals surface area contributed by atoms with Crippen LogP contribution in [0, 0.1) is 0 Å². The topological polar surface area (TPSA) is 56.7 Å². The van der Waals surface area contributed by atoms with Gasteiger partial charge in [0.1, 0.15) is 5.82 Å². The predicted octanol–water partition coefficient (Wildman–Crippen LogP) is 3.18. The highest BCUT2D eigenvalue weighted by atomic mass is 32.2. The highest BCUT2D eigenvalue weighted by Gasteiger charge is 2.12. The predicted molar refractivity (Wildman–Crippen MR) is 77.6 cm³/mol. The Kier molecular flexibility index (Phi) is 2.97. The third-order valence-electron chi connectivity index (χ3n) is 2.53. The molecule has 0 aliphatic rings. The molecule has 0 amide bonds. The molecule has 2 aromatic heterocycles. The number of rotatable bonds is 3. The average molecular weight is 276 g/mol. The first-order valence-electron chi connectivity index (χ1n) is 5.62. The van der Waals surface area contributed by atoms with Gasteiger partial charge in [-0.25, -0.2) is 4.98 Å². The summed E-state index contributed by atoms with van der Waals surface area (Å²) in [6.07, 6.45) is 1.80. The molecule has 0 fully saturated rings. The molecular formula is C12H12N4S2. The van der Waals surface area contributed by atoms with E-state index in [0.717, 1.165) is 26.0 Å². The van der Waals surface area contributed by atoms with Crippen LogP contribution in [0.1, 0.15) is 6.92 Å². The van der Waals surface area contributed by atoms with E-state index in [0.29, 0.717) is 5.82 Å². The zero-order valence-electron chi connectivity index (χ0n) is 9.83. The van der Waals surface area contributed by atoms with Gasteiger partial charge in [-0.1, -0.05) is 30.4 Å². The van der Waals surface area contributed by atoms with E-state index in [1.807, 2.05) is 18.2 Å². The SMILES string of the molecule is CCSc1cnn(-c2nc3ccccc3s2)c1N. The van der Waals surface area contributed by atoms with Gasteiger partial charge in [-0.2, -0.15) is 9.78 Å². The molecule has 0 aliphatic heterocycles. The molecular weight excluding hydrogens is 264 g/mol. The molecule has 3 rings (SSSR count). The van der Waals surface area contributed by atoms with E-state index in [2.05, 4.69) is 23.1 Å². The first kappa shape index (κ1) is 11.6. The van der Waals surface area contributed by atoms with Crippen LogP contribution < -0.4 is 5.73 Å². The van der Waals surface area contributed by atoms with Crippen molar-refractivity contribution in [3.8, 4) is 5.13 Å². The summed E-state index contributed by atoms with van der Waals surface area (Å²) < 4.78 is 2.86. The van der Waals surface area contributed by atoms with Crippen LogP contribution in [0.5, 0.6) is 0 Å². The lowest BCUT2D eigenvalue weighted by Gasteiger charge is -1.99. The highest BCUT2D eigenvalue weighted by Crippen LogP contribution is 2.30. The van der Waals surface area contributed by atoms with Crippen molar-refractivity contribution in [3.63, 3.8) is 0 Å². The number of thioether (sulfide) groups is 1. The molecule has 1 aromatic carbocycles. The summed E-state index contributed by atoms with van der Waals surface area (Å²) in [6, 6.07) is 8.04. The zero-order chi connectivity index (χ0) is 12.5. The van der Waals surface area contributed by atoms with Crippen LogP contribution in [0.2, 0.25) is 0 Å². The molecule has 0 saturated heterocycles. The standard InChI is InChI=1S/C12H12N4S2/c1-2-17-10-7-14-16(11(10)13)12-15-8-5-3-4-6-9(8)18-12/h3-7H,2,13H2,1H3. The maximum Gasteiger partial charge on any atom is 0.213 e. The van der Waals surface area contributed by atoms with Gasteiger partial charge in [0.05, 0.1) is 21.3 Å². The Morgan fingerprint density at radius 3 is 3.00 bits per heavy atom. The highest BCUT2D eigenvalue weighted by molar-refractivity contribution is 7.99. The van der Waals surface area contributed by atoms with E-state index in [-0.39, 0.29) is 0 Å². The third kappa shape index (κ3) is 1.87. The van der Waals surface area contributed by atoms with Crippen LogP contribution >= 0.6 is 23.1 Å². The van der Waals surface area contributed by atoms with E-state index in [9.17, 15) is 0 Å². The second kappa shape index (κ2) is 4.62. The minimum atomic E-state index is 0.668. The maximum atomic E-state index is 6.09. The lowest BCUT2D eigenvalue weighted by atomic mass is 10.3. The molecule has 18 heavy (non-hydrogen) atoms. The lowest BCUT2D eigenvalue weighted by molar-refractivity contribution is 0.883. The first-order valence-corrected chi connectivity index (χ1v) is 7.42. The number of para-hydroxylation sites is 1. The van der Waals surface area contributed by atoms with E-state index in [1.54, 1.807) is 34.0 Å². The van der Waals surface area contributed by atoms with Crippen molar-refractivity contribution in [2.24, 2.45) is 0 Å². The van der Waals surface area contributed by atoms with Crippen LogP contribution in [-0.4, -0.2) is 20.5 Å². The van der Waals surface area contributed by atoms with E-state index >= 15 is 0 Å². The summed E-state index contributed by atoms with van der Waals surface area (Å²) in [6.45, 7) is 2.10. The van der Waals surface area contributed by atoms with Crippen molar-refractivity contribution < 1.29 is 0 Å². The number of benzene rings is 1. The Bertz CT molecular complexity index is 653. The van der Waals surface area contributed by atoms with Gasteiger partial charge in [0.15, 0.2) is 0 Å². The lowest BCUT2D eigenvalue weighted by Crippen LogP contribution is -2.01. The largest absolute Gasteiger partial charge is 0.383 e. The van der Waals surface area contributed by atoms with Crippen LogP contribution in [0.4, 0.5) is 5.82 Å². The molecule has 0 bridgehead atoms. The van der Waals surface area contributed by atoms with E-state index < -0.39 is 0 Å². The Morgan fingerprint density at radius 2 is 2.22 bits per heavy atom. The average Bonchev–Trinajstić information content (AvgIpc) is 2.94. The first-order chi connectivity index (χ1) is 8.79. The minimum Gasteiger partial charge on any atom is -0.383 e. The fraction of sp³-hybridized carbons (Fsp3) is 0.167. The molecule has 0 saturated carbocycles. The Morgan fingerprint density at radius 1 is 1.39 bits per heavy atom. The molecule has 0 radical (unpaired) electrons. The molecule has 2 heterocycles. The number of nitrogens with two attached hydrogens (primary N) is 1. The van der Waals surface area contributed by atoms with Crippen molar-refractivity contribution in [3.05, 3.63) is 30.5 Å². The molecule has 0 aliphatic carbocycles. The summed E-state index contributed by atoms with van der Waals surface area (Å²) >= 11 is 3.29. The summed E-state index contributed by atoms with van der Waals surface area (Å²) in [5, 5.41) is 5.13. The second-order valence-electron chi connectivity index (χ2n) is 3.70. The Labute approximate surface area is 113 Å². The van der Waals surface area contributed by atoms with Gasteiger partial charge in [0.2, 0.25) is 5.13 Å². The molecule has 0 unspecified atom stereocenters.